The maximum Gasteiger partial charge on any atom is 0.240 e. The predicted molar refractivity (Wildman–Crippen MR) is 87.6 cm³/mol. The van der Waals surface area contributed by atoms with Crippen LogP contribution in [0.4, 0.5) is 0 Å². The van der Waals surface area contributed by atoms with Crippen LogP contribution >= 0.6 is 0 Å². The van der Waals surface area contributed by atoms with Gasteiger partial charge in [0.25, 0.3) is 0 Å². The van der Waals surface area contributed by atoms with Gasteiger partial charge in [0.05, 0.1) is 4.90 Å². The molecule has 0 unspecified atom stereocenters. The van der Waals surface area contributed by atoms with Gasteiger partial charge in [-0.05, 0) is 57.2 Å². The molecule has 21 heavy (non-hydrogen) atoms. The molecule has 0 aromatic heterocycles. The van der Waals surface area contributed by atoms with E-state index in [4.69, 9.17) is 5.73 Å². The van der Waals surface area contributed by atoms with Crippen molar-refractivity contribution in [2.24, 2.45) is 17.6 Å². The molecule has 1 rings (SSSR count). The molecule has 1 aromatic carbocycles. The van der Waals surface area contributed by atoms with E-state index < -0.39 is 10.0 Å². The Morgan fingerprint density at radius 3 is 2.14 bits per heavy atom. The molecular weight excluding hydrogens is 284 g/mol. The molecule has 2 atom stereocenters. The van der Waals surface area contributed by atoms with Crippen molar-refractivity contribution in [3.8, 4) is 0 Å². The van der Waals surface area contributed by atoms with E-state index in [0.717, 1.165) is 18.4 Å². The standard InChI is InChI=1S/C16H28N2O2S/c1-12(2)15(11-17)8-7-14(4)18-21(19,20)16-9-5-13(3)6-10-16/h5-6,9-10,12,14-15,18H,7-8,11,17H2,1-4H3/t14-,15-/m0/s1. The highest BCUT2D eigenvalue weighted by Gasteiger charge is 2.19. The Balaban J connectivity index is 2.61. The molecule has 1 aromatic rings. The second-order valence-electron chi connectivity index (χ2n) is 6.15. The summed E-state index contributed by atoms with van der Waals surface area (Å²) in [6.07, 6.45) is 1.73. The topological polar surface area (TPSA) is 72.2 Å². The lowest BCUT2D eigenvalue weighted by molar-refractivity contribution is 0.346. The highest BCUT2D eigenvalue weighted by atomic mass is 32.2. The quantitative estimate of drug-likeness (QED) is 0.775. The molecule has 0 amide bonds. The van der Waals surface area contributed by atoms with Gasteiger partial charge in [0.2, 0.25) is 10.0 Å². The summed E-state index contributed by atoms with van der Waals surface area (Å²) in [5, 5.41) is 0. The van der Waals surface area contributed by atoms with Gasteiger partial charge in [-0.25, -0.2) is 13.1 Å². The fourth-order valence-electron chi connectivity index (χ4n) is 2.30. The lowest BCUT2D eigenvalue weighted by Gasteiger charge is -2.21. The fraction of sp³-hybridized carbons (Fsp3) is 0.625. The number of sulfonamides is 1. The summed E-state index contributed by atoms with van der Waals surface area (Å²) in [5.41, 5.74) is 6.80. The number of aryl methyl sites for hydroxylation is 1. The van der Waals surface area contributed by atoms with E-state index in [1.807, 2.05) is 26.0 Å². The Kier molecular flexibility index (Phi) is 6.84. The average molecular weight is 312 g/mol. The third-order valence-electron chi connectivity index (χ3n) is 3.90. The predicted octanol–water partition coefficient (Wildman–Crippen LogP) is 2.67. The van der Waals surface area contributed by atoms with Crippen molar-refractivity contribution in [2.75, 3.05) is 6.54 Å². The monoisotopic (exact) mass is 312 g/mol. The molecule has 0 saturated heterocycles. The van der Waals surface area contributed by atoms with Gasteiger partial charge >= 0.3 is 0 Å². The molecule has 0 aliphatic carbocycles. The zero-order valence-corrected chi connectivity index (χ0v) is 14.3. The third-order valence-corrected chi connectivity index (χ3v) is 5.51. The van der Waals surface area contributed by atoms with E-state index in [2.05, 4.69) is 18.6 Å². The number of nitrogens with two attached hydrogens (primary N) is 1. The molecule has 120 valence electrons. The SMILES string of the molecule is Cc1ccc(S(=O)(=O)N[C@@H](C)CC[C@@H](CN)C(C)C)cc1. The smallest absolute Gasteiger partial charge is 0.240 e. The van der Waals surface area contributed by atoms with E-state index in [1.165, 1.54) is 0 Å². The van der Waals surface area contributed by atoms with E-state index in [1.54, 1.807) is 12.1 Å². The summed E-state index contributed by atoms with van der Waals surface area (Å²) >= 11 is 0. The minimum Gasteiger partial charge on any atom is -0.330 e. The minimum absolute atomic E-state index is 0.0934. The highest BCUT2D eigenvalue weighted by molar-refractivity contribution is 7.89. The number of hydrogen-bond acceptors (Lipinski definition) is 3. The van der Waals surface area contributed by atoms with Crippen LogP contribution in [0.25, 0.3) is 0 Å². The molecule has 3 N–H and O–H groups in total. The second-order valence-corrected chi connectivity index (χ2v) is 7.87. The van der Waals surface area contributed by atoms with Crippen LogP contribution in [0.5, 0.6) is 0 Å². The van der Waals surface area contributed by atoms with Gasteiger partial charge in [0, 0.05) is 6.04 Å². The van der Waals surface area contributed by atoms with Gasteiger partial charge in [-0.1, -0.05) is 31.5 Å². The molecule has 0 heterocycles. The van der Waals surface area contributed by atoms with Crippen LogP contribution in [-0.4, -0.2) is 21.0 Å². The average Bonchev–Trinajstić information content (AvgIpc) is 2.38. The number of hydrogen-bond donors (Lipinski definition) is 2. The Bertz CT molecular complexity index is 524. The first kappa shape index (κ1) is 18.1. The summed E-state index contributed by atoms with van der Waals surface area (Å²) in [6.45, 7) is 8.79. The van der Waals surface area contributed by atoms with Gasteiger partial charge in [-0.3, -0.25) is 0 Å². The van der Waals surface area contributed by atoms with Gasteiger partial charge in [0.1, 0.15) is 0 Å². The van der Waals surface area contributed by atoms with E-state index in [0.29, 0.717) is 23.3 Å². The summed E-state index contributed by atoms with van der Waals surface area (Å²) in [6, 6.07) is 6.80. The molecule has 0 bridgehead atoms. The molecule has 0 aliphatic rings. The minimum atomic E-state index is -3.43. The van der Waals surface area contributed by atoms with Crippen molar-refractivity contribution in [3.05, 3.63) is 29.8 Å². The first-order valence-electron chi connectivity index (χ1n) is 7.55. The summed E-state index contributed by atoms with van der Waals surface area (Å²) in [4.78, 5) is 0.319. The van der Waals surface area contributed by atoms with E-state index in [9.17, 15) is 8.42 Å². The number of rotatable bonds is 8. The van der Waals surface area contributed by atoms with Crippen LogP contribution in [-0.2, 0) is 10.0 Å². The number of benzene rings is 1. The Hall–Kier alpha value is -0.910. The van der Waals surface area contributed by atoms with Crippen molar-refractivity contribution in [2.45, 2.75) is 51.5 Å². The number of nitrogens with one attached hydrogen (secondary N) is 1. The maximum atomic E-state index is 12.3. The Labute approximate surface area is 129 Å². The van der Waals surface area contributed by atoms with Crippen LogP contribution < -0.4 is 10.5 Å². The lowest BCUT2D eigenvalue weighted by atomic mass is 9.90. The van der Waals surface area contributed by atoms with Crippen molar-refractivity contribution >= 4 is 10.0 Å². The highest BCUT2D eigenvalue weighted by Crippen LogP contribution is 2.18. The van der Waals surface area contributed by atoms with Crippen molar-refractivity contribution in [1.82, 2.24) is 4.72 Å². The van der Waals surface area contributed by atoms with E-state index >= 15 is 0 Å². The molecule has 0 aliphatic heterocycles. The van der Waals surface area contributed by atoms with Gasteiger partial charge in [0.15, 0.2) is 0 Å². The largest absolute Gasteiger partial charge is 0.330 e. The summed E-state index contributed by atoms with van der Waals surface area (Å²) in [5.74, 6) is 0.965. The zero-order chi connectivity index (χ0) is 16.0. The molecule has 0 spiro atoms. The first-order valence-corrected chi connectivity index (χ1v) is 9.03. The lowest BCUT2D eigenvalue weighted by Crippen LogP contribution is -2.33. The maximum absolute atomic E-state index is 12.3. The second kappa shape index (κ2) is 7.92. The van der Waals surface area contributed by atoms with Gasteiger partial charge < -0.3 is 5.73 Å². The zero-order valence-electron chi connectivity index (χ0n) is 13.5. The fourth-order valence-corrected chi connectivity index (χ4v) is 3.57. The summed E-state index contributed by atoms with van der Waals surface area (Å²) < 4.78 is 27.3. The molecule has 5 heteroatoms. The molecular formula is C16H28N2O2S. The van der Waals surface area contributed by atoms with Crippen LogP contribution in [0.2, 0.25) is 0 Å². The van der Waals surface area contributed by atoms with Crippen LogP contribution in [0.1, 0.15) is 39.2 Å². The normalized spacial score (nSPS) is 15.1. The van der Waals surface area contributed by atoms with Gasteiger partial charge in [-0.15, -0.1) is 0 Å². The molecule has 4 nitrogen and oxygen atoms in total. The Morgan fingerprint density at radius 1 is 1.10 bits per heavy atom. The third kappa shape index (κ3) is 5.77. The first-order chi connectivity index (χ1) is 9.76. The van der Waals surface area contributed by atoms with E-state index in [-0.39, 0.29) is 6.04 Å². The molecule has 0 fully saturated rings. The van der Waals surface area contributed by atoms with Crippen molar-refractivity contribution in [3.63, 3.8) is 0 Å². The van der Waals surface area contributed by atoms with Crippen molar-refractivity contribution in [1.29, 1.82) is 0 Å². The van der Waals surface area contributed by atoms with Crippen molar-refractivity contribution < 1.29 is 8.42 Å². The van der Waals surface area contributed by atoms with Crippen LogP contribution in [0.3, 0.4) is 0 Å². The Morgan fingerprint density at radius 2 is 1.67 bits per heavy atom. The van der Waals surface area contributed by atoms with Crippen LogP contribution in [0, 0.1) is 18.8 Å². The summed E-state index contributed by atoms with van der Waals surface area (Å²) in [7, 11) is -3.43. The molecule has 0 radical (unpaired) electrons. The molecule has 0 saturated carbocycles. The van der Waals surface area contributed by atoms with Crippen LogP contribution in [0.15, 0.2) is 29.2 Å². The van der Waals surface area contributed by atoms with Gasteiger partial charge in [-0.2, -0.15) is 0 Å².